The van der Waals surface area contributed by atoms with Crippen molar-refractivity contribution in [1.82, 2.24) is 14.5 Å². The summed E-state index contributed by atoms with van der Waals surface area (Å²) in [7, 11) is 0. The van der Waals surface area contributed by atoms with E-state index >= 15 is 0 Å². The Morgan fingerprint density at radius 1 is 0.889 bits per heavy atom. The van der Waals surface area contributed by atoms with E-state index in [1.807, 2.05) is 42.5 Å². The minimum Gasteiger partial charge on any atom is -0.478 e. The summed E-state index contributed by atoms with van der Waals surface area (Å²) >= 11 is 0. The number of aromatic carboxylic acids is 1. The number of hydrogen-bond acceptors (Lipinski definition) is 6. The van der Waals surface area contributed by atoms with Crippen LogP contribution in [0.15, 0.2) is 88.4 Å². The molecule has 0 spiro atoms. The molecule has 1 saturated heterocycles. The maximum atomic E-state index is 13.6. The van der Waals surface area contributed by atoms with Gasteiger partial charge in [0.1, 0.15) is 11.4 Å². The number of piperazine rings is 1. The Balaban J connectivity index is 1.38. The zero-order valence-corrected chi connectivity index (χ0v) is 19.5. The molecule has 5 aromatic rings. The average molecular weight is 481 g/mol. The van der Waals surface area contributed by atoms with Crippen LogP contribution < -0.4 is 10.5 Å². The number of aromatic nitrogens is 2. The number of hydrogen-bond donors (Lipinski definition) is 1. The van der Waals surface area contributed by atoms with Crippen molar-refractivity contribution in [1.29, 1.82) is 0 Å². The van der Waals surface area contributed by atoms with Gasteiger partial charge in [-0.1, -0.05) is 36.4 Å². The third-order valence-electron chi connectivity index (χ3n) is 6.82. The van der Waals surface area contributed by atoms with Crippen LogP contribution in [0, 0.1) is 0 Å². The van der Waals surface area contributed by atoms with Gasteiger partial charge in [0, 0.05) is 55.4 Å². The van der Waals surface area contributed by atoms with E-state index in [0.29, 0.717) is 41.8 Å². The second-order valence-electron chi connectivity index (χ2n) is 8.88. The fourth-order valence-electron chi connectivity index (χ4n) is 5.10. The van der Waals surface area contributed by atoms with Crippen molar-refractivity contribution in [2.24, 2.45) is 0 Å². The molecule has 0 amide bonds. The molecule has 3 aromatic heterocycles. The summed E-state index contributed by atoms with van der Waals surface area (Å²) in [6.07, 6.45) is 3.42. The molecule has 8 heteroatoms. The molecule has 0 atom stereocenters. The highest BCUT2D eigenvalue weighted by molar-refractivity contribution is 6.04. The summed E-state index contributed by atoms with van der Waals surface area (Å²) in [4.78, 5) is 35.2. The molecule has 1 aliphatic rings. The molecule has 0 radical (unpaired) electrons. The number of anilines is 1. The number of rotatable bonds is 5. The number of furan rings is 1. The van der Waals surface area contributed by atoms with Gasteiger partial charge >= 0.3 is 5.97 Å². The first-order valence-corrected chi connectivity index (χ1v) is 11.9. The summed E-state index contributed by atoms with van der Waals surface area (Å²) in [5.74, 6) is -0.153. The summed E-state index contributed by atoms with van der Waals surface area (Å²) in [5, 5.41) is 12.1. The highest BCUT2D eigenvalue weighted by Gasteiger charge is 2.26. The zero-order chi connectivity index (χ0) is 24.6. The Morgan fingerprint density at radius 3 is 2.36 bits per heavy atom. The smallest absolute Gasteiger partial charge is 0.338 e. The number of para-hydroxylation sites is 1. The van der Waals surface area contributed by atoms with Gasteiger partial charge in [0.15, 0.2) is 0 Å². The Morgan fingerprint density at radius 2 is 1.61 bits per heavy atom. The van der Waals surface area contributed by atoms with E-state index in [2.05, 4.69) is 14.8 Å². The van der Waals surface area contributed by atoms with Gasteiger partial charge in [-0.2, -0.15) is 0 Å². The van der Waals surface area contributed by atoms with Gasteiger partial charge in [0.05, 0.1) is 22.9 Å². The molecule has 8 nitrogen and oxygen atoms in total. The van der Waals surface area contributed by atoms with Crippen molar-refractivity contribution in [2.45, 2.75) is 6.54 Å². The number of pyridine rings is 2. The Kier molecular flexibility index (Phi) is 5.50. The highest BCUT2D eigenvalue weighted by Crippen LogP contribution is 2.28. The van der Waals surface area contributed by atoms with E-state index in [0.717, 1.165) is 29.9 Å². The molecule has 4 heterocycles. The Bertz CT molecular complexity index is 1630. The molecule has 0 unspecified atom stereocenters. The van der Waals surface area contributed by atoms with E-state index in [1.165, 1.54) is 0 Å². The second kappa shape index (κ2) is 8.98. The maximum absolute atomic E-state index is 13.6. The molecule has 1 N–H and O–H groups in total. The molecule has 180 valence electrons. The molecule has 0 saturated carbocycles. The van der Waals surface area contributed by atoms with E-state index in [1.54, 1.807) is 41.3 Å². The monoisotopic (exact) mass is 480 g/mol. The van der Waals surface area contributed by atoms with Gasteiger partial charge in [-0.25, -0.2) is 9.78 Å². The van der Waals surface area contributed by atoms with Crippen molar-refractivity contribution < 1.29 is 14.3 Å². The summed E-state index contributed by atoms with van der Waals surface area (Å²) in [5.41, 5.74) is 1.89. The maximum Gasteiger partial charge on any atom is 0.338 e. The first-order valence-electron chi connectivity index (χ1n) is 11.9. The molecule has 36 heavy (non-hydrogen) atoms. The number of benzene rings is 2. The number of carboxylic acids is 1. The molecule has 2 aromatic carbocycles. The zero-order valence-electron chi connectivity index (χ0n) is 19.5. The lowest BCUT2D eigenvalue weighted by Crippen LogP contribution is -2.47. The van der Waals surface area contributed by atoms with Crippen LogP contribution in [0.1, 0.15) is 16.1 Å². The fraction of sp³-hybridized carbons (Fsp3) is 0.179. The predicted octanol–water partition coefficient (Wildman–Crippen LogP) is 4.15. The van der Waals surface area contributed by atoms with Crippen LogP contribution in [0.2, 0.25) is 0 Å². The van der Waals surface area contributed by atoms with Gasteiger partial charge in [0.2, 0.25) is 0 Å². The Labute approximate surface area is 206 Å². The molecule has 0 aliphatic carbocycles. The third kappa shape index (κ3) is 3.72. The minimum absolute atomic E-state index is 0.168. The predicted molar refractivity (Wildman–Crippen MR) is 138 cm³/mol. The van der Waals surface area contributed by atoms with Crippen molar-refractivity contribution in [3.05, 3.63) is 101 Å². The third-order valence-corrected chi connectivity index (χ3v) is 6.82. The van der Waals surface area contributed by atoms with Gasteiger partial charge < -0.3 is 14.4 Å². The fourth-order valence-corrected chi connectivity index (χ4v) is 5.10. The van der Waals surface area contributed by atoms with Gasteiger partial charge in [0.25, 0.3) is 5.56 Å². The number of fused-ring (bicyclic) bond motifs is 2. The van der Waals surface area contributed by atoms with Crippen molar-refractivity contribution in [3.63, 3.8) is 0 Å². The van der Waals surface area contributed by atoms with Gasteiger partial charge in [-0.05, 0) is 30.3 Å². The molecule has 6 rings (SSSR count). The van der Waals surface area contributed by atoms with Crippen LogP contribution in [-0.2, 0) is 6.54 Å². The highest BCUT2D eigenvalue weighted by atomic mass is 16.4. The molecular formula is C28H24N4O4. The van der Waals surface area contributed by atoms with Crippen molar-refractivity contribution in [2.75, 3.05) is 31.1 Å². The molecule has 1 aliphatic heterocycles. The van der Waals surface area contributed by atoms with Crippen LogP contribution in [0.3, 0.4) is 0 Å². The quantitative estimate of drug-likeness (QED) is 0.404. The van der Waals surface area contributed by atoms with E-state index in [9.17, 15) is 14.7 Å². The van der Waals surface area contributed by atoms with Crippen LogP contribution in [0.25, 0.3) is 27.4 Å². The van der Waals surface area contributed by atoms with E-state index in [4.69, 9.17) is 4.42 Å². The summed E-state index contributed by atoms with van der Waals surface area (Å²) in [6.45, 7) is 3.19. The Hall–Kier alpha value is -4.43. The first-order chi connectivity index (χ1) is 17.6. The lowest BCUT2D eigenvalue weighted by molar-refractivity contribution is 0.0695. The number of carboxylic acid groups (broad SMARTS) is 1. The SMILES string of the molecule is O=C(O)c1c(CN2CCN(c3nccc4occc34)CC2)n(-c2ccccc2)c(=O)c2ccccc12. The molecular weight excluding hydrogens is 456 g/mol. The van der Waals surface area contributed by atoms with Crippen LogP contribution >= 0.6 is 0 Å². The minimum atomic E-state index is -1.04. The van der Waals surface area contributed by atoms with Crippen molar-refractivity contribution in [3.8, 4) is 5.69 Å². The first kappa shape index (κ1) is 22.1. The normalized spacial score (nSPS) is 14.5. The number of carbonyl (C=O) groups is 1. The van der Waals surface area contributed by atoms with Crippen LogP contribution in [0.5, 0.6) is 0 Å². The topological polar surface area (TPSA) is 91.8 Å². The summed E-state index contributed by atoms with van der Waals surface area (Å²) in [6, 6.07) is 20.0. The van der Waals surface area contributed by atoms with Crippen molar-refractivity contribution >= 4 is 33.5 Å². The molecule has 1 fully saturated rings. The standard InChI is InChI=1S/C28H24N4O4/c33-27-21-9-5-4-8-20(21)25(28(34)35)23(32(27)19-6-2-1-3-7-19)18-30-13-15-31(16-14-30)26-22-11-17-36-24(22)10-12-29-26/h1-12,17H,13-16,18H2,(H,34,35). The average Bonchev–Trinajstić information content (AvgIpc) is 3.39. The molecule has 0 bridgehead atoms. The lowest BCUT2D eigenvalue weighted by Gasteiger charge is -2.36. The number of nitrogens with zero attached hydrogens (tertiary/aromatic N) is 4. The van der Waals surface area contributed by atoms with Crippen LogP contribution in [-0.4, -0.2) is 51.7 Å². The van der Waals surface area contributed by atoms with Gasteiger partial charge in [-0.15, -0.1) is 0 Å². The van der Waals surface area contributed by atoms with E-state index < -0.39 is 5.97 Å². The van der Waals surface area contributed by atoms with E-state index in [-0.39, 0.29) is 11.1 Å². The summed E-state index contributed by atoms with van der Waals surface area (Å²) < 4.78 is 7.08. The largest absolute Gasteiger partial charge is 0.478 e. The van der Waals surface area contributed by atoms with Crippen LogP contribution in [0.4, 0.5) is 5.82 Å². The lowest BCUT2D eigenvalue weighted by atomic mass is 10.0. The van der Waals surface area contributed by atoms with Gasteiger partial charge in [-0.3, -0.25) is 14.3 Å². The second-order valence-corrected chi connectivity index (χ2v) is 8.88.